The highest BCUT2D eigenvalue weighted by atomic mass is 16.1. The third-order valence-electron chi connectivity index (χ3n) is 2.75. The van der Waals surface area contributed by atoms with Gasteiger partial charge in [0.2, 0.25) is 0 Å². The molecule has 1 amide bonds. The monoisotopic (exact) mass is 240 g/mol. The third kappa shape index (κ3) is 3.10. The first-order valence-electron chi connectivity index (χ1n) is 5.94. The molecule has 2 rings (SSSR count). The minimum atomic E-state index is -0.121. The molecule has 3 nitrogen and oxygen atoms in total. The topological polar surface area (TPSA) is 55.1 Å². The van der Waals surface area contributed by atoms with Crippen molar-refractivity contribution in [2.45, 2.75) is 6.42 Å². The first-order chi connectivity index (χ1) is 8.77. The van der Waals surface area contributed by atoms with E-state index in [-0.39, 0.29) is 5.91 Å². The van der Waals surface area contributed by atoms with Crippen LogP contribution in [0.25, 0.3) is 0 Å². The number of nitrogens with one attached hydrogen (secondary N) is 1. The van der Waals surface area contributed by atoms with Gasteiger partial charge in [-0.05, 0) is 24.1 Å². The van der Waals surface area contributed by atoms with Gasteiger partial charge in [0, 0.05) is 12.2 Å². The molecule has 0 aromatic heterocycles. The summed E-state index contributed by atoms with van der Waals surface area (Å²) in [7, 11) is 0. The number of hydrogen-bond donors (Lipinski definition) is 2. The molecule has 0 saturated carbocycles. The fourth-order valence-corrected chi connectivity index (χ4v) is 1.76. The lowest BCUT2D eigenvalue weighted by molar-refractivity contribution is 0.0955. The van der Waals surface area contributed by atoms with E-state index in [1.807, 2.05) is 42.5 Å². The van der Waals surface area contributed by atoms with Crippen LogP contribution in [0.15, 0.2) is 54.6 Å². The molecule has 0 saturated heterocycles. The smallest absolute Gasteiger partial charge is 0.253 e. The fourth-order valence-electron chi connectivity index (χ4n) is 1.76. The average Bonchev–Trinajstić information content (AvgIpc) is 2.40. The van der Waals surface area contributed by atoms with Gasteiger partial charge in [0.15, 0.2) is 0 Å². The predicted molar refractivity (Wildman–Crippen MR) is 73.3 cm³/mol. The largest absolute Gasteiger partial charge is 0.398 e. The van der Waals surface area contributed by atoms with Gasteiger partial charge in [0.05, 0.1) is 5.56 Å². The minimum Gasteiger partial charge on any atom is -0.398 e. The maximum atomic E-state index is 11.9. The predicted octanol–water partition coefficient (Wildman–Crippen LogP) is 2.24. The van der Waals surface area contributed by atoms with Crippen molar-refractivity contribution in [3.05, 3.63) is 65.7 Å². The van der Waals surface area contributed by atoms with E-state index >= 15 is 0 Å². The quantitative estimate of drug-likeness (QED) is 0.805. The van der Waals surface area contributed by atoms with Gasteiger partial charge in [-0.3, -0.25) is 4.79 Å². The van der Waals surface area contributed by atoms with E-state index in [4.69, 9.17) is 5.73 Å². The van der Waals surface area contributed by atoms with E-state index in [9.17, 15) is 4.79 Å². The Balaban J connectivity index is 1.88. The Labute approximate surface area is 107 Å². The second kappa shape index (κ2) is 5.87. The molecule has 0 heterocycles. The molecule has 0 atom stereocenters. The van der Waals surface area contributed by atoms with Crippen molar-refractivity contribution in [2.75, 3.05) is 12.3 Å². The second-order valence-corrected chi connectivity index (χ2v) is 4.08. The van der Waals surface area contributed by atoms with Crippen molar-refractivity contribution in [3.63, 3.8) is 0 Å². The first kappa shape index (κ1) is 12.2. The third-order valence-corrected chi connectivity index (χ3v) is 2.75. The number of anilines is 1. The van der Waals surface area contributed by atoms with E-state index in [1.54, 1.807) is 12.1 Å². The van der Waals surface area contributed by atoms with Gasteiger partial charge in [-0.2, -0.15) is 0 Å². The molecule has 0 bridgehead atoms. The summed E-state index contributed by atoms with van der Waals surface area (Å²) in [4.78, 5) is 11.9. The van der Waals surface area contributed by atoms with Gasteiger partial charge in [-0.1, -0.05) is 42.5 Å². The van der Waals surface area contributed by atoms with Crippen LogP contribution in [0.5, 0.6) is 0 Å². The number of para-hydroxylation sites is 1. The van der Waals surface area contributed by atoms with Crippen LogP contribution in [-0.2, 0) is 6.42 Å². The first-order valence-corrected chi connectivity index (χ1v) is 5.94. The lowest BCUT2D eigenvalue weighted by Gasteiger charge is -2.07. The summed E-state index contributed by atoms with van der Waals surface area (Å²) in [6, 6.07) is 17.1. The van der Waals surface area contributed by atoms with Crippen LogP contribution in [0, 0.1) is 0 Å². The molecule has 92 valence electrons. The summed E-state index contributed by atoms with van der Waals surface area (Å²) >= 11 is 0. The number of amides is 1. The van der Waals surface area contributed by atoms with Crippen molar-refractivity contribution in [2.24, 2.45) is 0 Å². The molecule has 2 aromatic rings. The molecular formula is C15H16N2O. The highest BCUT2D eigenvalue weighted by Crippen LogP contribution is 2.09. The van der Waals surface area contributed by atoms with Crippen molar-refractivity contribution >= 4 is 11.6 Å². The Morgan fingerprint density at radius 3 is 2.39 bits per heavy atom. The average molecular weight is 240 g/mol. The molecule has 0 aliphatic heterocycles. The molecule has 18 heavy (non-hydrogen) atoms. The normalized spacial score (nSPS) is 10.0. The number of benzene rings is 2. The number of hydrogen-bond acceptors (Lipinski definition) is 2. The maximum absolute atomic E-state index is 11.9. The summed E-state index contributed by atoms with van der Waals surface area (Å²) in [6.07, 6.45) is 0.819. The Kier molecular flexibility index (Phi) is 3.97. The zero-order chi connectivity index (χ0) is 12.8. The molecular weight excluding hydrogens is 224 g/mol. The van der Waals surface area contributed by atoms with Crippen molar-refractivity contribution < 1.29 is 4.79 Å². The molecule has 3 N–H and O–H groups in total. The molecule has 2 aromatic carbocycles. The molecule has 0 aliphatic carbocycles. The van der Waals surface area contributed by atoms with E-state index in [2.05, 4.69) is 5.32 Å². The fraction of sp³-hybridized carbons (Fsp3) is 0.133. The van der Waals surface area contributed by atoms with E-state index in [0.717, 1.165) is 6.42 Å². The molecule has 0 fully saturated rings. The van der Waals surface area contributed by atoms with Crippen LogP contribution in [-0.4, -0.2) is 12.5 Å². The maximum Gasteiger partial charge on any atom is 0.253 e. The number of carbonyl (C=O) groups excluding carboxylic acids is 1. The number of rotatable bonds is 4. The zero-order valence-corrected chi connectivity index (χ0v) is 10.1. The highest BCUT2D eigenvalue weighted by Gasteiger charge is 2.07. The second-order valence-electron chi connectivity index (χ2n) is 4.08. The lowest BCUT2D eigenvalue weighted by Crippen LogP contribution is -2.26. The van der Waals surface area contributed by atoms with Gasteiger partial charge in [0.1, 0.15) is 0 Å². The van der Waals surface area contributed by atoms with Crippen LogP contribution < -0.4 is 11.1 Å². The van der Waals surface area contributed by atoms with Crippen LogP contribution in [0.1, 0.15) is 15.9 Å². The molecule has 0 aliphatic rings. The van der Waals surface area contributed by atoms with Gasteiger partial charge in [-0.25, -0.2) is 0 Å². The summed E-state index contributed by atoms with van der Waals surface area (Å²) in [5, 5.41) is 2.87. The number of nitrogens with two attached hydrogens (primary N) is 1. The van der Waals surface area contributed by atoms with Crippen LogP contribution >= 0.6 is 0 Å². The van der Waals surface area contributed by atoms with Gasteiger partial charge in [-0.15, -0.1) is 0 Å². The van der Waals surface area contributed by atoms with Crippen LogP contribution in [0.4, 0.5) is 5.69 Å². The SMILES string of the molecule is Nc1ccccc1C(=O)NCCc1ccccc1. The van der Waals surface area contributed by atoms with E-state index in [0.29, 0.717) is 17.8 Å². The van der Waals surface area contributed by atoms with Crippen LogP contribution in [0.2, 0.25) is 0 Å². The summed E-state index contributed by atoms with van der Waals surface area (Å²) in [5.74, 6) is -0.121. The molecule has 0 radical (unpaired) electrons. The van der Waals surface area contributed by atoms with Crippen molar-refractivity contribution in [3.8, 4) is 0 Å². The van der Waals surface area contributed by atoms with Crippen molar-refractivity contribution in [1.29, 1.82) is 0 Å². The zero-order valence-electron chi connectivity index (χ0n) is 10.1. The molecule has 3 heteroatoms. The van der Waals surface area contributed by atoms with E-state index in [1.165, 1.54) is 5.56 Å². The number of nitrogen functional groups attached to an aromatic ring is 1. The lowest BCUT2D eigenvalue weighted by atomic mass is 10.1. The van der Waals surface area contributed by atoms with Gasteiger partial charge < -0.3 is 11.1 Å². The standard InChI is InChI=1S/C15H16N2O/c16-14-9-5-4-8-13(14)15(18)17-11-10-12-6-2-1-3-7-12/h1-9H,10-11,16H2,(H,17,18). The van der Waals surface area contributed by atoms with Gasteiger partial charge >= 0.3 is 0 Å². The summed E-state index contributed by atoms with van der Waals surface area (Å²) in [6.45, 7) is 0.608. The Morgan fingerprint density at radius 1 is 1.00 bits per heavy atom. The summed E-state index contributed by atoms with van der Waals surface area (Å²) < 4.78 is 0. The van der Waals surface area contributed by atoms with Gasteiger partial charge in [0.25, 0.3) is 5.91 Å². The highest BCUT2D eigenvalue weighted by molar-refractivity contribution is 5.99. The Hall–Kier alpha value is -2.29. The molecule has 0 unspecified atom stereocenters. The minimum absolute atomic E-state index is 0.121. The Morgan fingerprint density at radius 2 is 1.67 bits per heavy atom. The Bertz CT molecular complexity index is 523. The number of carbonyl (C=O) groups is 1. The molecule has 0 spiro atoms. The van der Waals surface area contributed by atoms with Crippen molar-refractivity contribution in [1.82, 2.24) is 5.32 Å². The van der Waals surface area contributed by atoms with Crippen LogP contribution in [0.3, 0.4) is 0 Å². The summed E-state index contributed by atoms with van der Waals surface area (Å²) in [5.41, 5.74) is 7.99. The van der Waals surface area contributed by atoms with E-state index < -0.39 is 0 Å².